The van der Waals surface area contributed by atoms with Crippen molar-refractivity contribution in [1.82, 2.24) is 9.78 Å². The fraction of sp³-hybridized carbons (Fsp3) is 0.524. The molecule has 1 aromatic carbocycles. The number of rotatable bonds is 3. The SMILES string of the molecule is CCc1c(N)c(-c2ccc(N3CCCCC3)cc2)nn1C(=O)OC(C)(C)C. The van der Waals surface area contributed by atoms with E-state index in [4.69, 9.17) is 10.5 Å². The summed E-state index contributed by atoms with van der Waals surface area (Å²) in [6.45, 7) is 9.68. The van der Waals surface area contributed by atoms with Crippen LogP contribution in [0.3, 0.4) is 0 Å². The first-order chi connectivity index (χ1) is 12.8. The van der Waals surface area contributed by atoms with E-state index in [-0.39, 0.29) is 0 Å². The lowest BCUT2D eigenvalue weighted by Crippen LogP contribution is -2.29. The summed E-state index contributed by atoms with van der Waals surface area (Å²) in [5, 5.41) is 4.48. The third-order valence-electron chi connectivity index (χ3n) is 4.78. The van der Waals surface area contributed by atoms with Gasteiger partial charge in [0.05, 0.1) is 11.4 Å². The Balaban J connectivity index is 1.89. The lowest BCUT2D eigenvalue weighted by Gasteiger charge is -2.28. The van der Waals surface area contributed by atoms with Crippen molar-refractivity contribution in [1.29, 1.82) is 0 Å². The molecule has 6 nitrogen and oxygen atoms in total. The first kappa shape index (κ1) is 19.3. The van der Waals surface area contributed by atoms with Crippen LogP contribution in [0.5, 0.6) is 0 Å². The number of nitrogens with two attached hydrogens (primary N) is 1. The number of nitrogens with zero attached hydrogens (tertiary/aromatic N) is 3. The summed E-state index contributed by atoms with van der Waals surface area (Å²) in [5.74, 6) is 0. The molecule has 1 fully saturated rings. The monoisotopic (exact) mass is 370 g/mol. The van der Waals surface area contributed by atoms with Gasteiger partial charge in [0.15, 0.2) is 0 Å². The van der Waals surface area contributed by atoms with E-state index in [2.05, 4.69) is 22.1 Å². The summed E-state index contributed by atoms with van der Waals surface area (Å²) in [4.78, 5) is 14.9. The standard InChI is InChI=1S/C21H30N4O2/c1-5-17-18(22)19(23-25(17)20(26)27-21(2,3)4)15-9-11-16(12-10-15)24-13-7-6-8-14-24/h9-12H,5-8,13-14,22H2,1-4H3. The third-order valence-corrected chi connectivity index (χ3v) is 4.78. The minimum absolute atomic E-state index is 0.498. The van der Waals surface area contributed by atoms with Gasteiger partial charge in [0.2, 0.25) is 0 Å². The van der Waals surface area contributed by atoms with Crippen molar-refractivity contribution in [2.45, 2.75) is 59.0 Å². The maximum absolute atomic E-state index is 12.5. The zero-order valence-electron chi connectivity index (χ0n) is 16.8. The molecule has 1 aliphatic rings. The molecule has 0 atom stereocenters. The molecule has 2 aromatic rings. The van der Waals surface area contributed by atoms with Crippen molar-refractivity contribution in [3.8, 4) is 11.3 Å². The topological polar surface area (TPSA) is 73.4 Å². The van der Waals surface area contributed by atoms with E-state index < -0.39 is 11.7 Å². The molecule has 6 heteroatoms. The highest BCUT2D eigenvalue weighted by molar-refractivity contribution is 5.81. The average molecular weight is 370 g/mol. The lowest BCUT2D eigenvalue weighted by atomic mass is 10.1. The highest BCUT2D eigenvalue weighted by Gasteiger charge is 2.24. The van der Waals surface area contributed by atoms with E-state index in [1.807, 2.05) is 39.8 Å². The Bertz CT molecular complexity index is 797. The minimum atomic E-state index is -0.584. The zero-order chi connectivity index (χ0) is 19.6. The second-order valence-corrected chi connectivity index (χ2v) is 8.05. The number of nitrogen functional groups attached to an aromatic ring is 1. The number of benzene rings is 1. The van der Waals surface area contributed by atoms with Crippen molar-refractivity contribution in [2.75, 3.05) is 23.7 Å². The fourth-order valence-corrected chi connectivity index (χ4v) is 3.46. The number of aromatic nitrogens is 2. The Kier molecular flexibility index (Phi) is 5.44. The van der Waals surface area contributed by atoms with Crippen LogP contribution in [-0.2, 0) is 11.2 Å². The van der Waals surface area contributed by atoms with Gasteiger partial charge in [-0.25, -0.2) is 4.79 Å². The lowest BCUT2D eigenvalue weighted by molar-refractivity contribution is 0.0510. The molecular formula is C21H30N4O2. The highest BCUT2D eigenvalue weighted by Crippen LogP contribution is 2.31. The summed E-state index contributed by atoms with van der Waals surface area (Å²) in [6.07, 6.45) is 3.91. The average Bonchev–Trinajstić information content (AvgIpc) is 2.98. The smallest absolute Gasteiger partial charge is 0.435 e. The molecule has 2 N–H and O–H groups in total. The zero-order valence-corrected chi connectivity index (χ0v) is 16.8. The molecule has 1 aliphatic heterocycles. The summed E-state index contributed by atoms with van der Waals surface area (Å²) >= 11 is 0. The maximum atomic E-state index is 12.5. The summed E-state index contributed by atoms with van der Waals surface area (Å²) in [7, 11) is 0. The van der Waals surface area contributed by atoms with Gasteiger partial charge in [0.25, 0.3) is 0 Å². The van der Waals surface area contributed by atoms with Crippen LogP contribution in [0.15, 0.2) is 24.3 Å². The van der Waals surface area contributed by atoms with Crippen LogP contribution < -0.4 is 10.6 Å². The summed E-state index contributed by atoms with van der Waals surface area (Å²) in [6, 6.07) is 8.28. The van der Waals surface area contributed by atoms with Gasteiger partial charge in [-0.2, -0.15) is 9.78 Å². The van der Waals surface area contributed by atoms with E-state index in [0.717, 1.165) is 18.7 Å². The number of carbonyl (C=O) groups excluding carboxylic acids is 1. The predicted octanol–water partition coefficient (Wildman–Crippen LogP) is 4.47. The number of carbonyl (C=O) groups is 1. The Hall–Kier alpha value is -2.50. The maximum Gasteiger partial charge on any atom is 0.435 e. The molecule has 1 saturated heterocycles. The number of hydrogen-bond acceptors (Lipinski definition) is 5. The van der Waals surface area contributed by atoms with Gasteiger partial charge in [-0.05, 0) is 58.6 Å². The van der Waals surface area contributed by atoms with Gasteiger partial charge in [-0.15, -0.1) is 0 Å². The summed E-state index contributed by atoms with van der Waals surface area (Å²) in [5.41, 5.74) is 9.72. The Morgan fingerprint density at radius 3 is 2.33 bits per heavy atom. The van der Waals surface area contributed by atoms with Crippen molar-refractivity contribution in [3.05, 3.63) is 30.0 Å². The summed E-state index contributed by atoms with van der Waals surface area (Å²) < 4.78 is 6.77. The Morgan fingerprint density at radius 2 is 1.78 bits per heavy atom. The quantitative estimate of drug-likeness (QED) is 0.863. The van der Waals surface area contributed by atoms with Crippen molar-refractivity contribution in [3.63, 3.8) is 0 Å². The van der Waals surface area contributed by atoms with Crippen LogP contribution in [-0.4, -0.2) is 34.6 Å². The van der Waals surface area contributed by atoms with Gasteiger partial charge < -0.3 is 15.4 Å². The van der Waals surface area contributed by atoms with E-state index >= 15 is 0 Å². The van der Waals surface area contributed by atoms with Crippen LogP contribution in [0.2, 0.25) is 0 Å². The van der Waals surface area contributed by atoms with Gasteiger partial charge in [-0.3, -0.25) is 0 Å². The molecule has 146 valence electrons. The molecule has 0 unspecified atom stereocenters. The number of piperidine rings is 1. The van der Waals surface area contributed by atoms with E-state index in [1.54, 1.807) is 0 Å². The molecule has 3 rings (SSSR count). The molecule has 0 aliphatic carbocycles. The van der Waals surface area contributed by atoms with Gasteiger partial charge in [0.1, 0.15) is 11.3 Å². The Labute approximate surface area is 161 Å². The molecule has 27 heavy (non-hydrogen) atoms. The molecule has 1 aromatic heterocycles. The highest BCUT2D eigenvalue weighted by atomic mass is 16.6. The Morgan fingerprint density at radius 1 is 1.15 bits per heavy atom. The normalized spacial score (nSPS) is 15.0. The van der Waals surface area contributed by atoms with Crippen LogP contribution in [0.25, 0.3) is 11.3 Å². The predicted molar refractivity (Wildman–Crippen MR) is 109 cm³/mol. The number of ether oxygens (including phenoxy) is 1. The number of hydrogen-bond donors (Lipinski definition) is 1. The van der Waals surface area contributed by atoms with Gasteiger partial charge in [0, 0.05) is 24.3 Å². The van der Waals surface area contributed by atoms with Crippen molar-refractivity contribution < 1.29 is 9.53 Å². The molecular weight excluding hydrogens is 340 g/mol. The third kappa shape index (κ3) is 4.26. The molecule has 0 bridgehead atoms. The van der Waals surface area contributed by atoms with Crippen LogP contribution in [0.4, 0.5) is 16.2 Å². The van der Waals surface area contributed by atoms with Gasteiger partial charge >= 0.3 is 6.09 Å². The van der Waals surface area contributed by atoms with Crippen LogP contribution >= 0.6 is 0 Å². The number of anilines is 2. The molecule has 0 amide bonds. The fourth-order valence-electron chi connectivity index (χ4n) is 3.46. The van der Waals surface area contributed by atoms with Crippen LogP contribution in [0, 0.1) is 0 Å². The van der Waals surface area contributed by atoms with Crippen LogP contribution in [0.1, 0.15) is 52.7 Å². The second kappa shape index (κ2) is 7.62. The van der Waals surface area contributed by atoms with E-state index in [9.17, 15) is 4.79 Å². The van der Waals surface area contributed by atoms with Crippen molar-refractivity contribution in [2.24, 2.45) is 0 Å². The minimum Gasteiger partial charge on any atom is -0.442 e. The first-order valence-electron chi connectivity index (χ1n) is 9.76. The van der Waals surface area contributed by atoms with E-state index in [1.165, 1.54) is 29.6 Å². The van der Waals surface area contributed by atoms with E-state index in [0.29, 0.717) is 23.5 Å². The van der Waals surface area contributed by atoms with Gasteiger partial charge in [-0.1, -0.05) is 19.1 Å². The molecule has 0 spiro atoms. The second-order valence-electron chi connectivity index (χ2n) is 8.05. The van der Waals surface area contributed by atoms with Crippen molar-refractivity contribution >= 4 is 17.5 Å². The molecule has 2 heterocycles. The first-order valence-corrected chi connectivity index (χ1v) is 9.76. The largest absolute Gasteiger partial charge is 0.442 e. The molecule has 0 radical (unpaired) electrons. The molecule has 0 saturated carbocycles.